The van der Waals surface area contributed by atoms with Crippen LogP contribution in [0.4, 0.5) is 5.69 Å². The Bertz CT molecular complexity index is 414. The summed E-state index contributed by atoms with van der Waals surface area (Å²) in [7, 11) is 0. The molecule has 19 heavy (non-hydrogen) atoms. The minimum absolute atomic E-state index is 0.0580. The molecule has 0 aliphatic carbocycles. The van der Waals surface area contributed by atoms with Crippen LogP contribution in [0.25, 0.3) is 0 Å². The standard InChI is InChI=1S/C17H27NO/c1-16(2,3)13-6-8-14(9-7-13)18-12-15-10-11-17(4,5)19-15/h6-9,15,18H,10-12H2,1-5H3. The van der Waals surface area contributed by atoms with E-state index in [0.717, 1.165) is 19.4 Å². The first-order valence-electron chi connectivity index (χ1n) is 7.28. The van der Waals surface area contributed by atoms with E-state index in [1.54, 1.807) is 0 Å². The molecule has 1 fully saturated rings. The Hall–Kier alpha value is -1.02. The zero-order valence-corrected chi connectivity index (χ0v) is 12.9. The van der Waals surface area contributed by atoms with Crippen LogP contribution in [0.15, 0.2) is 24.3 Å². The van der Waals surface area contributed by atoms with Gasteiger partial charge in [0.1, 0.15) is 0 Å². The Balaban J connectivity index is 1.87. The fourth-order valence-corrected chi connectivity index (χ4v) is 2.54. The number of anilines is 1. The fourth-order valence-electron chi connectivity index (χ4n) is 2.54. The van der Waals surface area contributed by atoms with Crippen LogP contribution in [-0.4, -0.2) is 18.2 Å². The molecular formula is C17H27NO. The number of hydrogen-bond acceptors (Lipinski definition) is 2. The van der Waals surface area contributed by atoms with Gasteiger partial charge in [-0.1, -0.05) is 32.9 Å². The highest BCUT2D eigenvalue weighted by Gasteiger charge is 2.31. The number of nitrogens with one attached hydrogen (secondary N) is 1. The molecule has 106 valence electrons. The Labute approximate surface area is 117 Å². The second-order valence-electron chi connectivity index (χ2n) is 7.25. The van der Waals surface area contributed by atoms with Crippen molar-refractivity contribution in [1.82, 2.24) is 0 Å². The van der Waals surface area contributed by atoms with Crippen LogP contribution < -0.4 is 5.32 Å². The summed E-state index contributed by atoms with van der Waals surface area (Å²) >= 11 is 0. The van der Waals surface area contributed by atoms with E-state index >= 15 is 0 Å². The van der Waals surface area contributed by atoms with Gasteiger partial charge in [0.15, 0.2) is 0 Å². The lowest BCUT2D eigenvalue weighted by Crippen LogP contribution is -2.24. The summed E-state index contributed by atoms with van der Waals surface area (Å²) < 4.78 is 5.99. The fraction of sp³-hybridized carbons (Fsp3) is 0.647. The Morgan fingerprint density at radius 1 is 1.21 bits per heavy atom. The SMILES string of the molecule is CC1(C)CCC(CNc2ccc(C(C)(C)C)cc2)O1. The molecule has 0 amide bonds. The van der Waals surface area contributed by atoms with Gasteiger partial charge in [-0.05, 0) is 49.8 Å². The molecule has 1 unspecified atom stereocenters. The van der Waals surface area contributed by atoms with E-state index in [1.807, 2.05) is 0 Å². The molecule has 1 aromatic carbocycles. The Morgan fingerprint density at radius 3 is 2.32 bits per heavy atom. The summed E-state index contributed by atoms with van der Waals surface area (Å²) in [5.74, 6) is 0. The minimum atomic E-state index is 0.0580. The van der Waals surface area contributed by atoms with Crippen LogP contribution in [0, 0.1) is 0 Å². The molecule has 0 bridgehead atoms. The number of benzene rings is 1. The molecule has 2 rings (SSSR count). The molecule has 1 heterocycles. The van der Waals surface area contributed by atoms with Gasteiger partial charge in [0.2, 0.25) is 0 Å². The molecule has 1 aliphatic rings. The molecule has 0 spiro atoms. The van der Waals surface area contributed by atoms with Crippen molar-refractivity contribution in [3.63, 3.8) is 0 Å². The predicted molar refractivity (Wildman–Crippen MR) is 81.8 cm³/mol. The van der Waals surface area contributed by atoms with Gasteiger partial charge in [-0.15, -0.1) is 0 Å². The third-order valence-corrected chi connectivity index (χ3v) is 3.84. The molecule has 1 saturated heterocycles. The summed E-state index contributed by atoms with van der Waals surface area (Å²) in [5.41, 5.74) is 2.83. The lowest BCUT2D eigenvalue weighted by Gasteiger charge is -2.21. The van der Waals surface area contributed by atoms with E-state index in [2.05, 4.69) is 64.2 Å². The third kappa shape index (κ3) is 3.97. The van der Waals surface area contributed by atoms with Gasteiger partial charge in [0.05, 0.1) is 11.7 Å². The summed E-state index contributed by atoms with van der Waals surface area (Å²) in [5, 5.41) is 3.48. The van der Waals surface area contributed by atoms with Gasteiger partial charge in [-0.2, -0.15) is 0 Å². The van der Waals surface area contributed by atoms with E-state index in [1.165, 1.54) is 11.3 Å². The second-order valence-corrected chi connectivity index (χ2v) is 7.25. The molecule has 2 nitrogen and oxygen atoms in total. The first kappa shape index (κ1) is 14.4. The summed E-state index contributed by atoms with van der Waals surface area (Å²) in [6, 6.07) is 8.75. The molecule has 1 N–H and O–H groups in total. The van der Waals surface area contributed by atoms with E-state index in [0.29, 0.717) is 6.10 Å². The lowest BCUT2D eigenvalue weighted by molar-refractivity contribution is -0.00910. The number of hydrogen-bond donors (Lipinski definition) is 1. The smallest absolute Gasteiger partial charge is 0.0755 e. The van der Waals surface area contributed by atoms with E-state index in [-0.39, 0.29) is 11.0 Å². The van der Waals surface area contributed by atoms with Crippen molar-refractivity contribution in [2.24, 2.45) is 0 Å². The van der Waals surface area contributed by atoms with Gasteiger partial charge in [-0.25, -0.2) is 0 Å². The van der Waals surface area contributed by atoms with Crippen LogP contribution in [0.5, 0.6) is 0 Å². The van der Waals surface area contributed by atoms with Crippen LogP contribution >= 0.6 is 0 Å². The minimum Gasteiger partial charge on any atom is -0.382 e. The van der Waals surface area contributed by atoms with Crippen molar-refractivity contribution in [3.05, 3.63) is 29.8 Å². The molecule has 0 aromatic heterocycles. The van der Waals surface area contributed by atoms with Gasteiger partial charge in [0, 0.05) is 12.2 Å². The number of ether oxygens (including phenoxy) is 1. The maximum atomic E-state index is 5.99. The zero-order valence-electron chi connectivity index (χ0n) is 12.9. The van der Waals surface area contributed by atoms with Crippen molar-refractivity contribution in [3.8, 4) is 0 Å². The third-order valence-electron chi connectivity index (χ3n) is 3.84. The largest absolute Gasteiger partial charge is 0.382 e. The number of rotatable bonds is 3. The van der Waals surface area contributed by atoms with Gasteiger partial charge >= 0.3 is 0 Å². The van der Waals surface area contributed by atoms with Crippen molar-refractivity contribution >= 4 is 5.69 Å². The van der Waals surface area contributed by atoms with E-state index in [4.69, 9.17) is 4.74 Å². The average Bonchev–Trinajstić information content (AvgIpc) is 2.66. The molecule has 0 saturated carbocycles. The highest BCUT2D eigenvalue weighted by Crippen LogP contribution is 2.29. The van der Waals surface area contributed by atoms with E-state index < -0.39 is 0 Å². The second kappa shape index (κ2) is 5.16. The van der Waals surface area contributed by atoms with Crippen LogP contribution in [-0.2, 0) is 10.2 Å². The predicted octanol–water partition coefficient (Wildman–Crippen LogP) is 4.35. The first-order valence-corrected chi connectivity index (χ1v) is 7.28. The summed E-state index contributed by atoms with van der Waals surface area (Å²) in [6.07, 6.45) is 2.65. The molecule has 1 atom stereocenters. The van der Waals surface area contributed by atoms with Gasteiger partial charge in [-0.3, -0.25) is 0 Å². The van der Waals surface area contributed by atoms with Crippen molar-refractivity contribution < 1.29 is 4.74 Å². The molecular weight excluding hydrogens is 234 g/mol. The highest BCUT2D eigenvalue weighted by atomic mass is 16.5. The van der Waals surface area contributed by atoms with E-state index in [9.17, 15) is 0 Å². The Kier molecular flexibility index (Phi) is 3.91. The molecule has 1 aromatic rings. The van der Waals surface area contributed by atoms with Crippen LogP contribution in [0.3, 0.4) is 0 Å². The lowest BCUT2D eigenvalue weighted by atomic mass is 9.87. The topological polar surface area (TPSA) is 21.3 Å². The van der Waals surface area contributed by atoms with Crippen molar-refractivity contribution in [2.45, 2.75) is 64.6 Å². The normalized spacial score (nSPS) is 22.5. The van der Waals surface area contributed by atoms with Gasteiger partial charge in [0.25, 0.3) is 0 Å². The zero-order chi connectivity index (χ0) is 14.1. The van der Waals surface area contributed by atoms with Crippen LogP contribution in [0.1, 0.15) is 53.0 Å². The maximum Gasteiger partial charge on any atom is 0.0755 e. The Morgan fingerprint density at radius 2 is 1.84 bits per heavy atom. The molecule has 0 radical (unpaired) electrons. The van der Waals surface area contributed by atoms with Crippen molar-refractivity contribution in [2.75, 3.05) is 11.9 Å². The average molecular weight is 261 g/mol. The van der Waals surface area contributed by atoms with Gasteiger partial charge < -0.3 is 10.1 Å². The van der Waals surface area contributed by atoms with Crippen LogP contribution in [0.2, 0.25) is 0 Å². The summed E-state index contributed by atoms with van der Waals surface area (Å²) in [4.78, 5) is 0. The highest BCUT2D eigenvalue weighted by molar-refractivity contribution is 5.45. The summed E-state index contributed by atoms with van der Waals surface area (Å²) in [6.45, 7) is 12.0. The monoisotopic (exact) mass is 261 g/mol. The van der Waals surface area contributed by atoms with Crippen molar-refractivity contribution in [1.29, 1.82) is 0 Å². The molecule has 1 aliphatic heterocycles. The molecule has 2 heteroatoms. The first-order chi connectivity index (χ1) is 8.76. The maximum absolute atomic E-state index is 5.99. The quantitative estimate of drug-likeness (QED) is 0.873.